The molecule has 2 atom stereocenters. The van der Waals surface area contributed by atoms with Crippen LogP contribution in [-0.2, 0) is 14.2 Å². The van der Waals surface area contributed by atoms with E-state index in [1.165, 1.54) is 19.3 Å². The van der Waals surface area contributed by atoms with Crippen molar-refractivity contribution < 1.29 is 14.2 Å². The Hall–Kier alpha value is -0.120. The third-order valence-electron chi connectivity index (χ3n) is 2.88. The molecule has 0 radical (unpaired) electrons. The molecule has 0 aliphatic rings. The zero-order valence-electron chi connectivity index (χ0n) is 16.2. The van der Waals surface area contributed by atoms with Crippen LogP contribution in [-0.4, -0.2) is 41.2 Å². The van der Waals surface area contributed by atoms with E-state index in [2.05, 4.69) is 41.5 Å². The van der Waals surface area contributed by atoms with Gasteiger partial charge in [-0.3, -0.25) is 0 Å². The van der Waals surface area contributed by atoms with E-state index in [1.807, 2.05) is 0 Å². The number of hydrogen-bond acceptors (Lipinski definition) is 3. The van der Waals surface area contributed by atoms with Gasteiger partial charge in [-0.05, 0) is 24.2 Å². The zero-order valence-corrected chi connectivity index (χ0v) is 16.2. The summed E-state index contributed by atoms with van der Waals surface area (Å²) in [4.78, 5) is 0. The molecule has 0 heterocycles. The molecule has 0 N–H and O–H groups in total. The summed E-state index contributed by atoms with van der Waals surface area (Å²) in [7, 11) is 5.22. The van der Waals surface area contributed by atoms with Gasteiger partial charge >= 0.3 is 0 Å². The summed E-state index contributed by atoms with van der Waals surface area (Å²) in [5, 5.41) is 0. The van der Waals surface area contributed by atoms with Gasteiger partial charge in [-0.2, -0.15) is 0 Å². The lowest BCUT2D eigenvalue weighted by molar-refractivity contribution is 0.155. The van der Waals surface area contributed by atoms with Gasteiger partial charge in [-0.1, -0.05) is 121 Å². The van der Waals surface area contributed by atoms with Crippen LogP contribution in [0, 0.1) is 17.8 Å². The Morgan fingerprint density at radius 1 is 0.500 bits per heavy atom. The molecule has 0 aromatic rings. The molecule has 3 nitrogen and oxygen atoms in total. The van der Waals surface area contributed by atoms with Crippen molar-refractivity contribution in [3.05, 3.63) is 0 Å². The van der Waals surface area contributed by atoms with Gasteiger partial charge in [0.1, 0.15) is 0 Å². The SMILES string of the molecule is C.C.C.C.C.C.C.C.C.CCC(C)COC.CCCC(C)COC.COCC(C)C. The van der Waals surface area contributed by atoms with Crippen molar-refractivity contribution in [2.45, 2.75) is 128 Å². The largest absolute Gasteiger partial charge is 0.384 e. The molecule has 0 bridgehead atoms. The van der Waals surface area contributed by atoms with Gasteiger partial charge in [0.25, 0.3) is 0 Å². The third-order valence-corrected chi connectivity index (χ3v) is 2.88. The quantitative estimate of drug-likeness (QED) is 0.349. The monoisotopic (exact) mass is 451 g/mol. The summed E-state index contributed by atoms with van der Waals surface area (Å²) >= 11 is 0. The first-order valence-corrected chi connectivity index (χ1v) is 8.36. The Balaban J connectivity index is -0.0000000142. The molecule has 0 aromatic heterocycles. The lowest BCUT2D eigenvalue weighted by atomic mass is 10.1. The van der Waals surface area contributed by atoms with Gasteiger partial charge in [-0.25, -0.2) is 0 Å². The van der Waals surface area contributed by atoms with E-state index >= 15 is 0 Å². The average molecular weight is 451 g/mol. The molecule has 0 aliphatic heterocycles. The fraction of sp³-hybridized carbons (Fsp3) is 1.00. The lowest BCUT2D eigenvalue weighted by Crippen LogP contribution is -2.01. The molecule has 30 heavy (non-hydrogen) atoms. The van der Waals surface area contributed by atoms with Crippen LogP contribution in [0.2, 0.25) is 0 Å². The predicted octanol–water partition coefficient (Wildman–Crippen LogP) is 10.8. The summed E-state index contributed by atoms with van der Waals surface area (Å²) in [5.41, 5.74) is 0. The second-order valence-electron chi connectivity index (χ2n) is 6.17. The standard InChI is InChI=1S/C7H16O.C6H14O.C5H12O.9CH4/c1-4-5-7(2)6-8-3;1-4-6(2)5-7-3;1-5(2)4-6-3;;;;;;;;;/h7H,4-6H2,1-3H3;6H,4-5H2,1-3H3;5H,4H2,1-3H3;9*1H4. The molecule has 3 heteroatoms. The minimum absolute atomic E-state index is 0. The number of ether oxygens (including phenoxy) is 3. The number of hydrogen-bond donors (Lipinski definition) is 0. The highest BCUT2D eigenvalue weighted by molar-refractivity contribution is 4.47. The van der Waals surface area contributed by atoms with Crippen molar-refractivity contribution in [3.8, 4) is 0 Å². The van der Waals surface area contributed by atoms with Crippen LogP contribution in [0.25, 0.3) is 0 Å². The van der Waals surface area contributed by atoms with Crippen LogP contribution < -0.4 is 0 Å². The van der Waals surface area contributed by atoms with Crippen LogP contribution in [0.4, 0.5) is 0 Å². The molecule has 204 valence electrons. The smallest absolute Gasteiger partial charge is 0.0487 e. The van der Waals surface area contributed by atoms with Crippen molar-refractivity contribution in [3.63, 3.8) is 0 Å². The summed E-state index contributed by atoms with van der Waals surface area (Å²) in [6.07, 6.45) is 3.77. The van der Waals surface area contributed by atoms with Gasteiger partial charge in [0, 0.05) is 41.2 Å². The molecule has 0 rings (SSSR count). The first-order valence-electron chi connectivity index (χ1n) is 8.36. The van der Waals surface area contributed by atoms with E-state index < -0.39 is 0 Å². The molecule has 0 aromatic carbocycles. The molecule has 2 unspecified atom stereocenters. The summed E-state index contributed by atoms with van der Waals surface area (Å²) in [6, 6.07) is 0. The maximum absolute atomic E-state index is 4.96. The second-order valence-corrected chi connectivity index (χ2v) is 6.17. The maximum atomic E-state index is 4.96. The highest BCUT2D eigenvalue weighted by atomic mass is 16.5. The van der Waals surface area contributed by atoms with Gasteiger partial charge in [0.2, 0.25) is 0 Å². The second kappa shape index (κ2) is 70.2. The molecule has 0 saturated carbocycles. The summed E-state index contributed by atoms with van der Waals surface area (Å²) < 4.78 is 14.7. The molecular weight excluding hydrogens is 372 g/mol. The first kappa shape index (κ1) is 78.0. The fourth-order valence-electron chi connectivity index (χ4n) is 1.60. The highest BCUT2D eigenvalue weighted by Crippen LogP contribution is 2.03. The zero-order chi connectivity index (χ0) is 17.1. The Bertz CT molecular complexity index is 156. The van der Waals surface area contributed by atoms with E-state index in [9.17, 15) is 0 Å². The predicted molar refractivity (Wildman–Crippen MR) is 155 cm³/mol. The van der Waals surface area contributed by atoms with Crippen molar-refractivity contribution in [1.29, 1.82) is 0 Å². The topological polar surface area (TPSA) is 27.7 Å². The highest BCUT2D eigenvalue weighted by Gasteiger charge is 1.96. The van der Waals surface area contributed by atoms with E-state index in [1.54, 1.807) is 21.3 Å². The van der Waals surface area contributed by atoms with Crippen molar-refractivity contribution in [2.24, 2.45) is 17.8 Å². The van der Waals surface area contributed by atoms with Crippen LogP contribution in [0.5, 0.6) is 0 Å². The fourth-order valence-corrected chi connectivity index (χ4v) is 1.60. The molecule has 0 saturated heterocycles. The number of methoxy groups -OCH3 is 3. The number of rotatable bonds is 9. The van der Waals surface area contributed by atoms with Crippen LogP contribution in [0.15, 0.2) is 0 Å². The summed E-state index contributed by atoms with van der Waals surface area (Å²) in [5.74, 6) is 2.14. The van der Waals surface area contributed by atoms with Crippen molar-refractivity contribution in [1.82, 2.24) is 0 Å². The van der Waals surface area contributed by atoms with Crippen LogP contribution in [0.3, 0.4) is 0 Å². The Labute approximate surface area is 201 Å². The van der Waals surface area contributed by atoms with Gasteiger partial charge in [-0.15, -0.1) is 0 Å². The molecule has 0 fully saturated rings. The van der Waals surface area contributed by atoms with E-state index in [0.29, 0.717) is 5.92 Å². The Morgan fingerprint density at radius 2 is 0.800 bits per heavy atom. The van der Waals surface area contributed by atoms with E-state index in [0.717, 1.165) is 31.7 Å². The lowest BCUT2D eigenvalue weighted by Gasteiger charge is -2.06. The minimum atomic E-state index is 0. The third kappa shape index (κ3) is 105. The Morgan fingerprint density at radius 3 is 0.933 bits per heavy atom. The molecule has 0 amide bonds. The van der Waals surface area contributed by atoms with Gasteiger partial charge in [0.15, 0.2) is 0 Å². The molecule has 0 spiro atoms. The van der Waals surface area contributed by atoms with Gasteiger partial charge < -0.3 is 14.2 Å². The van der Waals surface area contributed by atoms with Crippen LogP contribution in [0.1, 0.15) is 128 Å². The summed E-state index contributed by atoms with van der Waals surface area (Å²) in [6.45, 7) is 15.7. The van der Waals surface area contributed by atoms with E-state index in [-0.39, 0.29) is 66.8 Å². The van der Waals surface area contributed by atoms with E-state index in [4.69, 9.17) is 14.2 Å². The van der Waals surface area contributed by atoms with Crippen molar-refractivity contribution >= 4 is 0 Å². The Kier molecular flexibility index (Phi) is 182. The van der Waals surface area contributed by atoms with Crippen LogP contribution >= 0.6 is 0 Å². The molecular formula is C27H78O3. The van der Waals surface area contributed by atoms with Crippen molar-refractivity contribution in [2.75, 3.05) is 41.2 Å². The normalized spacial score (nSPS) is 9.00. The van der Waals surface area contributed by atoms with Gasteiger partial charge in [0.05, 0.1) is 0 Å². The first-order chi connectivity index (χ1) is 9.89. The average Bonchev–Trinajstić information content (AvgIpc) is 2.41. The minimum Gasteiger partial charge on any atom is -0.384 e. The maximum Gasteiger partial charge on any atom is 0.0487 e. The molecule has 0 aliphatic carbocycles.